The largest absolute Gasteiger partial charge is 0.342 e. The number of aryl methyl sites for hydroxylation is 2. The first-order valence-corrected chi connectivity index (χ1v) is 9.79. The van der Waals surface area contributed by atoms with E-state index < -0.39 is 0 Å². The van der Waals surface area contributed by atoms with Crippen LogP contribution in [0, 0.1) is 20.8 Å². The Morgan fingerprint density at radius 3 is 2.79 bits per heavy atom. The molecule has 1 heterocycles. The van der Waals surface area contributed by atoms with Crippen LogP contribution >= 0.6 is 23.8 Å². The molecule has 0 saturated carbocycles. The molecule has 2 N–H and O–H groups in total. The van der Waals surface area contributed by atoms with Crippen LogP contribution in [0.1, 0.15) is 27.9 Å². The standard InChI is InChI=1S/C22H23ClN4S/c1-15-9-10-16(2)18(12-15)14-27-11-5-6-19(27)13-24-26-22(28)25-21-8-4-7-20(23)17(21)3/h4-13H,14H2,1-3H3,(H2,25,26,28)/b24-13+. The van der Waals surface area contributed by atoms with Crippen molar-refractivity contribution in [1.29, 1.82) is 0 Å². The van der Waals surface area contributed by atoms with E-state index in [1.54, 1.807) is 6.21 Å². The minimum absolute atomic E-state index is 0.411. The first-order chi connectivity index (χ1) is 13.4. The monoisotopic (exact) mass is 410 g/mol. The predicted octanol–water partition coefficient (Wildman–Crippen LogP) is 5.44. The topological polar surface area (TPSA) is 41.4 Å². The van der Waals surface area contributed by atoms with Crippen molar-refractivity contribution in [2.24, 2.45) is 5.10 Å². The van der Waals surface area contributed by atoms with Crippen LogP contribution in [0.15, 0.2) is 59.8 Å². The zero-order valence-corrected chi connectivity index (χ0v) is 17.7. The molecule has 6 heteroatoms. The van der Waals surface area contributed by atoms with Gasteiger partial charge in [0.15, 0.2) is 5.11 Å². The first-order valence-electron chi connectivity index (χ1n) is 9.00. The number of halogens is 1. The maximum absolute atomic E-state index is 6.14. The van der Waals surface area contributed by atoms with Crippen LogP contribution in [0.4, 0.5) is 5.69 Å². The van der Waals surface area contributed by atoms with E-state index in [1.165, 1.54) is 16.7 Å². The molecule has 144 valence electrons. The van der Waals surface area contributed by atoms with Crippen LogP contribution in [0.5, 0.6) is 0 Å². The van der Waals surface area contributed by atoms with E-state index in [2.05, 4.69) is 58.7 Å². The number of benzene rings is 2. The molecule has 28 heavy (non-hydrogen) atoms. The molecule has 3 aromatic rings. The molecule has 0 radical (unpaired) electrons. The van der Waals surface area contributed by atoms with Gasteiger partial charge in [-0.3, -0.25) is 5.43 Å². The predicted molar refractivity (Wildman–Crippen MR) is 123 cm³/mol. The summed E-state index contributed by atoms with van der Waals surface area (Å²) in [6, 6.07) is 16.2. The normalized spacial score (nSPS) is 11.0. The third-order valence-electron chi connectivity index (χ3n) is 4.59. The highest BCUT2D eigenvalue weighted by Gasteiger charge is 2.05. The summed E-state index contributed by atoms with van der Waals surface area (Å²) in [6.07, 6.45) is 3.82. The van der Waals surface area contributed by atoms with Gasteiger partial charge in [0.25, 0.3) is 0 Å². The summed E-state index contributed by atoms with van der Waals surface area (Å²) in [5.74, 6) is 0. The Morgan fingerprint density at radius 2 is 1.96 bits per heavy atom. The lowest BCUT2D eigenvalue weighted by Crippen LogP contribution is -2.24. The van der Waals surface area contributed by atoms with Crippen molar-refractivity contribution >= 4 is 40.8 Å². The highest BCUT2D eigenvalue weighted by atomic mass is 35.5. The highest BCUT2D eigenvalue weighted by Crippen LogP contribution is 2.22. The molecule has 0 aliphatic heterocycles. The van der Waals surface area contributed by atoms with Gasteiger partial charge in [-0.05, 0) is 73.9 Å². The zero-order chi connectivity index (χ0) is 20.1. The molecular formula is C22H23ClN4S. The van der Waals surface area contributed by atoms with Crippen molar-refractivity contribution in [3.8, 4) is 0 Å². The van der Waals surface area contributed by atoms with Gasteiger partial charge < -0.3 is 9.88 Å². The molecular weight excluding hydrogens is 388 g/mol. The molecule has 0 fully saturated rings. The number of rotatable bonds is 5. The second-order valence-corrected chi connectivity index (χ2v) is 7.54. The molecule has 0 spiro atoms. The fourth-order valence-corrected chi connectivity index (χ4v) is 3.23. The van der Waals surface area contributed by atoms with Crippen molar-refractivity contribution in [3.63, 3.8) is 0 Å². The van der Waals surface area contributed by atoms with E-state index in [0.717, 1.165) is 23.5 Å². The van der Waals surface area contributed by atoms with E-state index in [-0.39, 0.29) is 0 Å². The first kappa shape index (κ1) is 20.1. The highest BCUT2D eigenvalue weighted by molar-refractivity contribution is 7.80. The quantitative estimate of drug-likeness (QED) is 0.334. The average molecular weight is 411 g/mol. The molecule has 0 unspecified atom stereocenters. The van der Waals surface area contributed by atoms with E-state index in [4.69, 9.17) is 23.8 Å². The van der Waals surface area contributed by atoms with Crippen LogP contribution in [-0.2, 0) is 6.54 Å². The Bertz CT molecular complexity index is 1020. The van der Waals surface area contributed by atoms with Crippen molar-refractivity contribution in [3.05, 3.63) is 87.7 Å². The Hall–Kier alpha value is -2.63. The average Bonchev–Trinajstić information content (AvgIpc) is 3.09. The summed E-state index contributed by atoms with van der Waals surface area (Å²) in [5.41, 5.74) is 9.50. The second-order valence-electron chi connectivity index (χ2n) is 6.73. The number of hydrazone groups is 1. The van der Waals surface area contributed by atoms with Gasteiger partial charge in [0.05, 0.1) is 11.9 Å². The van der Waals surface area contributed by atoms with E-state index >= 15 is 0 Å². The van der Waals surface area contributed by atoms with E-state index in [1.807, 2.05) is 37.3 Å². The van der Waals surface area contributed by atoms with Gasteiger partial charge in [-0.25, -0.2) is 0 Å². The fourth-order valence-electron chi connectivity index (χ4n) is 2.89. The number of hydrogen-bond acceptors (Lipinski definition) is 2. The van der Waals surface area contributed by atoms with Crippen LogP contribution in [0.25, 0.3) is 0 Å². The minimum atomic E-state index is 0.411. The third kappa shape index (κ3) is 5.00. The molecule has 3 rings (SSSR count). The maximum atomic E-state index is 6.14. The number of nitrogens with one attached hydrogen (secondary N) is 2. The summed E-state index contributed by atoms with van der Waals surface area (Å²) >= 11 is 11.5. The van der Waals surface area contributed by atoms with Gasteiger partial charge in [-0.15, -0.1) is 0 Å². The van der Waals surface area contributed by atoms with Crippen LogP contribution in [0.2, 0.25) is 5.02 Å². The molecule has 0 amide bonds. The number of nitrogens with zero attached hydrogens (tertiary/aromatic N) is 2. The fraction of sp³-hybridized carbons (Fsp3) is 0.182. The number of thiocarbonyl (C=S) groups is 1. The second kappa shape index (κ2) is 9.04. The molecule has 0 aliphatic rings. The Morgan fingerprint density at radius 1 is 1.14 bits per heavy atom. The molecule has 0 bridgehead atoms. The molecule has 0 aliphatic carbocycles. The smallest absolute Gasteiger partial charge is 0.191 e. The van der Waals surface area contributed by atoms with Gasteiger partial charge in [-0.2, -0.15) is 5.10 Å². The SMILES string of the molecule is Cc1ccc(C)c(Cn2cccc2/C=N/NC(=S)Nc2cccc(Cl)c2C)c1. The summed E-state index contributed by atoms with van der Waals surface area (Å²) in [6.45, 7) is 6.99. The van der Waals surface area contributed by atoms with Gasteiger partial charge >= 0.3 is 0 Å². The number of aromatic nitrogens is 1. The minimum Gasteiger partial charge on any atom is -0.342 e. The summed E-state index contributed by atoms with van der Waals surface area (Å²) < 4.78 is 2.16. The van der Waals surface area contributed by atoms with Gasteiger partial charge in [-0.1, -0.05) is 41.4 Å². The molecule has 2 aromatic carbocycles. The van der Waals surface area contributed by atoms with Gasteiger partial charge in [0.1, 0.15) is 0 Å². The van der Waals surface area contributed by atoms with Crippen LogP contribution in [0.3, 0.4) is 0 Å². The van der Waals surface area contributed by atoms with Crippen molar-refractivity contribution < 1.29 is 0 Å². The lowest BCUT2D eigenvalue weighted by atomic mass is 10.1. The summed E-state index contributed by atoms with van der Waals surface area (Å²) in [4.78, 5) is 0. The van der Waals surface area contributed by atoms with E-state index in [0.29, 0.717) is 10.1 Å². The molecule has 4 nitrogen and oxygen atoms in total. The van der Waals surface area contributed by atoms with Crippen molar-refractivity contribution in [1.82, 2.24) is 9.99 Å². The van der Waals surface area contributed by atoms with Gasteiger partial charge in [0, 0.05) is 23.5 Å². The summed E-state index contributed by atoms with van der Waals surface area (Å²) in [5, 5.41) is 8.49. The van der Waals surface area contributed by atoms with Crippen molar-refractivity contribution in [2.75, 3.05) is 5.32 Å². The number of anilines is 1. The van der Waals surface area contributed by atoms with Crippen molar-refractivity contribution in [2.45, 2.75) is 27.3 Å². The van der Waals surface area contributed by atoms with Gasteiger partial charge in [0.2, 0.25) is 0 Å². The summed E-state index contributed by atoms with van der Waals surface area (Å²) in [7, 11) is 0. The maximum Gasteiger partial charge on any atom is 0.191 e. The molecule has 0 saturated heterocycles. The zero-order valence-electron chi connectivity index (χ0n) is 16.2. The van der Waals surface area contributed by atoms with Crippen LogP contribution in [-0.4, -0.2) is 15.9 Å². The lowest BCUT2D eigenvalue weighted by molar-refractivity contribution is 0.793. The lowest BCUT2D eigenvalue weighted by Gasteiger charge is -2.11. The third-order valence-corrected chi connectivity index (χ3v) is 5.19. The molecule has 1 aromatic heterocycles. The Labute approximate surface area is 176 Å². The Kier molecular flexibility index (Phi) is 6.49. The Balaban J connectivity index is 1.64. The van der Waals surface area contributed by atoms with Crippen LogP contribution < -0.4 is 10.7 Å². The number of hydrogen-bond donors (Lipinski definition) is 2. The van der Waals surface area contributed by atoms with E-state index in [9.17, 15) is 0 Å². The molecule has 0 atom stereocenters.